The van der Waals surface area contributed by atoms with Gasteiger partial charge < -0.3 is 4.74 Å². The lowest BCUT2D eigenvalue weighted by atomic mass is 10.1. The van der Waals surface area contributed by atoms with Crippen LogP contribution in [0.15, 0.2) is 24.3 Å². The third-order valence-electron chi connectivity index (χ3n) is 2.15. The van der Waals surface area contributed by atoms with E-state index in [1.165, 1.54) is 0 Å². The predicted molar refractivity (Wildman–Crippen MR) is 72.4 cm³/mol. The van der Waals surface area contributed by atoms with E-state index in [0.717, 1.165) is 11.1 Å². The van der Waals surface area contributed by atoms with Crippen molar-refractivity contribution in [1.29, 1.82) is 0 Å². The van der Waals surface area contributed by atoms with Gasteiger partial charge in [-0.1, -0.05) is 29.8 Å². The van der Waals surface area contributed by atoms with E-state index in [1.807, 2.05) is 31.2 Å². The number of nitrogens with one attached hydrogen (secondary N) is 2. The highest BCUT2D eigenvalue weighted by Crippen LogP contribution is 2.06. The molecule has 0 bridgehead atoms. The maximum atomic E-state index is 11.6. The van der Waals surface area contributed by atoms with Crippen LogP contribution in [0, 0.1) is 6.92 Å². The number of carbonyl (C=O) groups is 2. The zero-order valence-corrected chi connectivity index (χ0v) is 11.7. The Balaban J connectivity index is 2.38. The van der Waals surface area contributed by atoms with Crippen molar-refractivity contribution < 1.29 is 14.3 Å². The Bertz CT molecular complexity index is 464. The van der Waals surface area contributed by atoms with Crippen molar-refractivity contribution in [1.82, 2.24) is 10.9 Å². The number of amides is 2. The number of carbonyl (C=O) groups excluding carboxylic acids is 2. The first-order valence-corrected chi connectivity index (χ1v) is 6.09. The van der Waals surface area contributed by atoms with Crippen LogP contribution >= 0.6 is 0 Å². The summed E-state index contributed by atoms with van der Waals surface area (Å²) < 4.78 is 4.99. The monoisotopic (exact) mass is 264 g/mol. The second-order valence-electron chi connectivity index (χ2n) is 5.34. The second kappa shape index (κ2) is 6.22. The van der Waals surface area contributed by atoms with Crippen molar-refractivity contribution in [3.05, 3.63) is 35.4 Å². The molecule has 1 aromatic rings. The lowest BCUT2D eigenvalue weighted by molar-refractivity contribution is -0.121. The largest absolute Gasteiger partial charge is 0.443 e. The summed E-state index contributed by atoms with van der Waals surface area (Å²) in [6.07, 6.45) is -0.470. The summed E-state index contributed by atoms with van der Waals surface area (Å²) in [5.74, 6) is -0.295. The number of hydrogen-bond acceptors (Lipinski definition) is 3. The molecule has 0 fully saturated rings. The SMILES string of the molecule is Cc1cccc(CC(=O)NNC(=O)OC(C)(C)C)c1. The lowest BCUT2D eigenvalue weighted by Crippen LogP contribution is -2.44. The number of ether oxygens (including phenoxy) is 1. The van der Waals surface area contributed by atoms with Gasteiger partial charge in [0.2, 0.25) is 5.91 Å². The van der Waals surface area contributed by atoms with E-state index in [9.17, 15) is 9.59 Å². The van der Waals surface area contributed by atoms with Crippen LogP contribution in [0.25, 0.3) is 0 Å². The minimum absolute atomic E-state index is 0.206. The third-order valence-corrected chi connectivity index (χ3v) is 2.15. The zero-order valence-electron chi connectivity index (χ0n) is 11.7. The minimum Gasteiger partial charge on any atom is -0.443 e. The molecule has 0 aliphatic rings. The molecule has 0 spiro atoms. The van der Waals surface area contributed by atoms with Crippen LogP contribution in [0.1, 0.15) is 31.9 Å². The van der Waals surface area contributed by atoms with Crippen molar-refractivity contribution in [3.8, 4) is 0 Å². The fourth-order valence-electron chi connectivity index (χ4n) is 1.48. The highest BCUT2D eigenvalue weighted by Gasteiger charge is 2.16. The van der Waals surface area contributed by atoms with E-state index in [0.29, 0.717) is 0 Å². The molecule has 5 nitrogen and oxygen atoms in total. The van der Waals surface area contributed by atoms with Crippen LogP contribution in [0.2, 0.25) is 0 Å². The molecule has 1 rings (SSSR count). The van der Waals surface area contributed by atoms with E-state index in [2.05, 4.69) is 10.9 Å². The fourth-order valence-corrected chi connectivity index (χ4v) is 1.48. The maximum absolute atomic E-state index is 11.6. The summed E-state index contributed by atoms with van der Waals surface area (Å²) in [7, 11) is 0. The Morgan fingerprint density at radius 3 is 2.47 bits per heavy atom. The standard InChI is InChI=1S/C14H20N2O3/c1-10-6-5-7-11(8-10)9-12(17)15-16-13(18)19-14(2,3)4/h5-8H,9H2,1-4H3,(H,15,17)(H,16,18). The van der Waals surface area contributed by atoms with Gasteiger partial charge in [-0.15, -0.1) is 0 Å². The number of benzene rings is 1. The number of rotatable bonds is 2. The molecule has 0 aliphatic heterocycles. The highest BCUT2D eigenvalue weighted by molar-refractivity contribution is 5.81. The molecule has 5 heteroatoms. The van der Waals surface area contributed by atoms with Gasteiger partial charge >= 0.3 is 6.09 Å². The summed E-state index contributed by atoms with van der Waals surface area (Å²) in [6, 6.07) is 7.63. The Hall–Kier alpha value is -2.04. The van der Waals surface area contributed by atoms with Gasteiger partial charge in [0.05, 0.1) is 6.42 Å². The van der Waals surface area contributed by atoms with E-state index in [1.54, 1.807) is 20.8 Å². The molecule has 0 aromatic heterocycles. The van der Waals surface area contributed by atoms with Crippen LogP contribution < -0.4 is 10.9 Å². The molecule has 0 atom stereocenters. The van der Waals surface area contributed by atoms with Crippen molar-refractivity contribution in [2.45, 2.75) is 39.7 Å². The van der Waals surface area contributed by atoms with Gasteiger partial charge in [-0.3, -0.25) is 10.2 Å². The normalized spacial score (nSPS) is 10.7. The highest BCUT2D eigenvalue weighted by atomic mass is 16.6. The summed E-state index contributed by atoms with van der Waals surface area (Å²) in [4.78, 5) is 22.9. The van der Waals surface area contributed by atoms with Crippen LogP contribution in [0.5, 0.6) is 0 Å². The predicted octanol–water partition coefficient (Wildman–Crippen LogP) is 2.09. The number of aryl methyl sites for hydroxylation is 1. The summed E-state index contributed by atoms with van der Waals surface area (Å²) in [5, 5.41) is 0. The lowest BCUT2D eigenvalue weighted by Gasteiger charge is -2.19. The average Bonchev–Trinajstić information content (AvgIpc) is 2.24. The molecule has 0 aliphatic carbocycles. The van der Waals surface area contributed by atoms with Crippen LogP contribution in [0.3, 0.4) is 0 Å². The van der Waals surface area contributed by atoms with Crippen molar-refractivity contribution >= 4 is 12.0 Å². The summed E-state index contributed by atoms with van der Waals surface area (Å²) in [6.45, 7) is 7.21. The fraction of sp³-hybridized carbons (Fsp3) is 0.429. The molecule has 0 unspecified atom stereocenters. The Morgan fingerprint density at radius 2 is 1.89 bits per heavy atom. The first kappa shape index (κ1) is 15.0. The first-order chi connectivity index (χ1) is 8.76. The van der Waals surface area contributed by atoms with Crippen molar-refractivity contribution in [3.63, 3.8) is 0 Å². The summed E-state index contributed by atoms with van der Waals surface area (Å²) in [5.41, 5.74) is 5.91. The molecular weight excluding hydrogens is 244 g/mol. The van der Waals surface area contributed by atoms with Gasteiger partial charge in [0.15, 0.2) is 0 Å². The molecule has 2 amide bonds. The van der Waals surface area contributed by atoms with E-state index >= 15 is 0 Å². The van der Waals surface area contributed by atoms with Gasteiger partial charge in [-0.05, 0) is 33.3 Å². The molecule has 19 heavy (non-hydrogen) atoms. The van der Waals surface area contributed by atoms with Gasteiger partial charge in [0.25, 0.3) is 0 Å². The molecule has 0 saturated heterocycles. The van der Waals surface area contributed by atoms with Crippen molar-refractivity contribution in [2.75, 3.05) is 0 Å². The molecule has 104 valence electrons. The van der Waals surface area contributed by atoms with Crippen LogP contribution in [-0.2, 0) is 16.0 Å². The van der Waals surface area contributed by atoms with Gasteiger partial charge in [0, 0.05) is 0 Å². The van der Waals surface area contributed by atoms with Gasteiger partial charge in [0.1, 0.15) is 5.60 Å². The van der Waals surface area contributed by atoms with Gasteiger partial charge in [-0.2, -0.15) is 0 Å². The van der Waals surface area contributed by atoms with E-state index in [4.69, 9.17) is 4.74 Å². The first-order valence-electron chi connectivity index (χ1n) is 6.09. The molecule has 2 N–H and O–H groups in total. The zero-order chi connectivity index (χ0) is 14.5. The van der Waals surface area contributed by atoms with Crippen molar-refractivity contribution in [2.24, 2.45) is 0 Å². The van der Waals surface area contributed by atoms with Crippen LogP contribution in [-0.4, -0.2) is 17.6 Å². The molecule has 0 radical (unpaired) electrons. The number of hydrazine groups is 1. The molecule has 0 saturated carbocycles. The Morgan fingerprint density at radius 1 is 1.21 bits per heavy atom. The topological polar surface area (TPSA) is 67.4 Å². The maximum Gasteiger partial charge on any atom is 0.426 e. The quantitative estimate of drug-likeness (QED) is 0.804. The van der Waals surface area contributed by atoms with Gasteiger partial charge in [-0.25, -0.2) is 10.2 Å². The van der Waals surface area contributed by atoms with E-state index < -0.39 is 11.7 Å². The minimum atomic E-state index is -0.676. The van der Waals surface area contributed by atoms with Crippen LogP contribution in [0.4, 0.5) is 4.79 Å². The van der Waals surface area contributed by atoms with E-state index in [-0.39, 0.29) is 12.3 Å². The number of hydrogen-bond donors (Lipinski definition) is 2. The molecule has 0 heterocycles. The molecular formula is C14H20N2O3. The second-order valence-corrected chi connectivity index (χ2v) is 5.34. The Labute approximate surface area is 113 Å². The third kappa shape index (κ3) is 6.45. The smallest absolute Gasteiger partial charge is 0.426 e. The average molecular weight is 264 g/mol. The Kier molecular flexibility index (Phi) is 4.92. The molecule has 1 aromatic carbocycles. The summed E-state index contributed by atoms with van der Waals surface area (Å²) >= 11 is 0.